The van der Waals surface area contributed by atoms with Crippen molar-refractivity contribution in [3.8, 4) is 10.4 Å². The Morgan fingerprint density at radius 3 is 2.59 bits per heavy atom. The summed E-state index contributed by atoms with van der Waals surface area (Å²) in [5.41, 5.74) is 13.6. The molecule has 210 valence electrons. The van der Waals surface area contributed by atoms with Crippen LogP contribution in [0.25, 0.3) is 10.4 Å². The Morgan fingerprint density at radius 1 is 1.05 bits per heavy atom. The molecule has 41 heavy (non-hydrogen) atoms. The van der Waals surface area contributed by atoms with Crippen LogP contribution in [-0.4, -0.2) is 16.8 Å². The van der Waals surface area contributed by atoms with Crippen LogP contribution < -0.4 is 11.1 Å². The molecule has 2 atom stereocenters. The first-order valence-corrected chi connectivity index (χ1v) is 15.2. The maximum atomic E-state index is 13.5. The summed E-state index contributed by atoms with van der Waals surface area (Å²) >= 11 is 1.40. The number of hydrogen-bond donors (Lipinski definition) is 2. The number of fused-ring (bicyclic) bond motifs is 2. The zero-order valence-corrected chi connectivity index (χ0v) is 24.2. The lowest BCUT2D eigenvalue weighted by Gasteiger charge is -2.19. The number of rotatable bonds is 8. The van der Waals surface area contributed by atoms with Crippen LogP contribution in [0.3, 0.4) is 0 Å². The van der Waals surface area contributed by atoms with Gasteiger partial charge in [-0.2, -0.15) is 0 Å². The lowest BCUT2D eigenvalue weighted by molar-refractivity contribution is 0.0939. The Balaban J connectivity index is 1.36. The Labute approximate surface area is 244 Å². The number of nitrogens with two attached hydrogens (primary N) is 1. The first kappa shape index (κ1) is 27.3. The van der Waals surface area contributed by atoms with Gasteiger partial charge in [-0.05, 0) is 91.0 Å². The van der Waals surface area contributed by atoms with E-state index in [1.165, 1.54) is 34.6 Å². The molecule has 2 aliphatic carbocycles. The first-order chi connectivity index (χ1) is 19.8. The van der Waals surface area contributed by atoms with E-state index in [-0.39, 0.29) is 29.6 Å². The SMILES string of the molecule is CC(C)Cc1nc2c(c(-c3ccc(C(=O)NC4CCc5ccccc54)s3)c1C(N)=O)CCC2Cc1ccc(F)cc1. The quantitative estimate of drug-likeness (QED) is 0.242. The minimum atomic E-state index is -0.491. The number of nitrogens with one attached hydrogen (secondary N) is 1. The fraction of sp³-hybridized carbons (Fsp3) is 0.324. The minimum absolute atomic E-state index is 0.000433. The van der Waals surface area contributed by atoms with Crippen LogP contribution in [0.4, 0.5) is 4.39 Å². The van der Waals surface area contributed by atoms with Crippen molar-refractivity contribution in [2.75, 3.05) is 0 Å². The Hall–Kier alpha value is -3.84. The number of nitrogens with zero attached hydrogens (tertiary/aromatic N) is 1. The summed E-state index contributed by atoms with van der Waals surface area (Å²) in [5.74, 6) is -0.406. The number of thiophene rings is 1. The van der Waals surface area contributed by atoms with Crippen molar-refractivity contribution in [1.82, 2.24) is 10.3 Å². The molecule has 0 fully saturated rings. The molecular formula is C34H34FN3O2S. The highest BCUT2D eigenvalue weighted by atomic mass is 32.1. The third-order valence-electron chi connectivity index (χ3n) is 8.29. The smallest absolute Gasteiger partial charge is 0.261 e. The summed E-state index contributed by atoms with van der Waals surface area (Å²) in [6.07, 6.45) is 4.87. The third-order valence-corrected chi connectivity index (χ3v) is 9.39. The topological polar surface area (TPSA) is 85.1 Å². The van der Waals surface area contributed by atoms with Crippen LogP contribution in [0.5, 0.6) is 0 Å². The van der Waals surface area contributed by atoms with Crippen molar-refractivity contribution in [1.29, 1.82) is 0 Å². The molecule has 2 aliphatic rings. The lowest BCUT2D eigenvalue weighted by atomic mass is 9.91. The fourth-order valence-electron chi connectivity index (χ4n) is 6.44. The second-order valence-corrected chi connectivity index (χ2v) is 12.7. The van der Waals surface area contributed by atoms with Crippen LogP contribution >= 0.6 is 11.3 Å². The molecule has 0 aliphatic heterocycles. The molecule has 0 saturated heterocycles. The molecule has 4 aromatic rings. The molecule has 2 amide bonds. The normalized spacial score (nSPS) is 17.5. The summed E-state index contributed by atoms with van der Waals surface area (Å²) < 4.78 is 13.5. The molecular weight excluding hydrogens is 533 g/mol. The van der Waals surface area contributed by atoms with Crippen molar-refractivity contribution in [3.05, 3.63) is 111 Å². The van der Waals surface area contributed by atoms with Crippen LogP contribution in [-0.2, 0) is 25.7 Å². The average molecular weight is 568 g/mol. The van der Waals surface area contributed by atoms with E-state index >= 15 is 0 Å². The monoisotopic (exact) mass is 567 g/mol. The second kappa shape index (κ2) is 11.2. The number of aromatic nitrogens is 1. The van der Waals surface area contributed by atoms with Crippen LogP contribution in [0.2, 0.25) is 0 Å². The zero-order chi connectivity index (χ0) is 28.7. The molecule has 2 aromatic carbocycles. The van der Waals surface area contributed by atoms with Crippen molar-refractivity contribution in [3.63, 3.8) is 0 Å². The maximum absolute atomic E-state index is 13.5. The number of amides is 2. The van der Waals surface area contributed by atoms with Gasteiger partial charge in [0, 0.05) is 22.1 Å². The molecule has 7 heteroatoms. The maximum Gasteiger partial charge on any atom is 0.261 e. The molecule has 0 spiro atoms. The van der Waals surface area contributed by atoms with Gasteiger partial charge in [0.1, 0.15) is 5.82 Å². The number of halogens is 1. The van der Waals surface area contributed by atoms with Gasteiger partial charge in [0.2, 0.25) is 0 Å². The molecule has 5 nitrogen and oxygen atoms in total. The van der Waals surface area contributed by atoms with Gasteiger partial charge >= 0.3 is 0 Å². The molecule has 6 rings (SSSR count). The highest BCUT2D eigenvalue weighted by molar-refractivity contribution is 7.17. The first-order valence-electron chi connectivity index (χ1n) is 14.4. The summed E-state index contributed by atoms with van der Waals surface area (Å²) in [4.78, 5) is 32.9. The number of benzene rings is 2. The van der Waals surface area contributed by atoms with Gasteiger partial charge < -0.3 is 11.1 Å². The van der Waals surface area contributed by atoms with E-state index in [0.717, 1.165) is 59.4 Å². The van der Waals surface area contributed by atoms with E-state index < -0.39 is 5.91 Å². The highest BCUT2D eigenvalue weighted by Gasteiger charge is 2.33. The average Bonchev–Trinajstić information content (AvgIpc) is 3.68. The second-order valence-electron chi connectivity index (χ2n) is 11.6. The number of carbonyl (C=O) groups excluding carboxylic acids is 2. The van der Waals surface area contributed by atoms with E-state index in [2.05, 4.69) is 31.3 Å². The Kier molecular flexibility index (Phi) is 7.47. The number of carbonyl (C=O) groups is 2. The van der Waals surface area contributed by atoms with Gasteiger partial charge in [-0.3, -0.25) is 14.6 Å². The third kappa shape index (κ3) is 5.43. The summed E-state index contributed by atoms with van der Waals surface area (Å²) in [6, 6.07) is 18.7. The molecule has 0 radical (unpaired) electrons. The number of pyridine rings is 1. The van der Waals surface area contributed by atoms with Crippen molar-refractivity contribution in [2.45, 2.75) is 64.3 Å². The summed E-state index contributed by atoms with van der Waals surface area (Å²) in [6.45, 7) is 4.20. The van der Waals surface area contributed by atoms with E-state index in [0.29, 0.717) is 22.6 Å². The van der Waals surface area contributed by atoms with E-state index in [9.17, 15) is 14.0 Å². The van der Waals surface area contributed by atoms with Crippen molar-refractivity contribution in [2.24, 2.45) is 11.7 Å². The fourth-order valence-corrected chi connectivity index (χ4v) is 7.43. The standard InChI is InChI=1S/C34H34FN3O2S/c1-19(2)17-27-31(33(36)39)30(25-13-9-22(32(25)37-27)18-20-7-11-23(35)12-8-20)28-15-16-29(41-28)34(40)38-26-14-10-21-5-3-4-6-24(21)26/h3-8,11-12,15-16,19,22,26H,9-10,13-14,17-18H2,1-2H3,(H2,36,39)(H,38,40). The van der Waals surface area contributed by atoms with E-state index in [1.807, 2.05) is 36.4 Å². The molecule has 3 N–H and O–H groups in total. The minimum Gasteiger partial charge on any atom is -0.366 e. The highest BCUT2D eigenvalue weighted by Crippen LogP contribution is 2.44. The molecule has 0 saturated carbocycles. The van der Waals surface area contributed by atoms with Crippen molar-refractivity contribution >= 4 is 23.2 Å². The largest absolute Gasteiger partial charge is 0.366 e. The Bertz CT molecular complexity index is 1630. The molecule has 2 aromatic heterocycles. The van der Waals surface area contributed by atoms with Gasteiger partial charge in [0.25, 0.3) is 11.8 Å². The van der Waals surface area contributed by atoms with Gasteiger partial charge in [-0.25, -0.2) is 4.39 Å². The Morgan fingerprint density at radius 2 is 1.83 bits per heavy atom. The van der Waals surface area contributed by atoms with Crippen LogP contribution in [0, 0.1) is 11.7 Å². The predicted molar refractivity (Wildman–Crippen MR) is 161 cm³/mol. The zero-order valence-electron chi connectivity index (χ0n) is 23.4. The van der Waals surface area contributed by atoms with Gasteiger partial charge in [0.15, 0.2) is 0 Å². The van der Waals surface area contributed by atoms with E-state index in [4.69, 9.17) is 10.7 Å². The number of aryl methyl sites for hydroxylation is 1. The number of primary amides is 1. The van der Waals surface area contributed by atoms with Gasteiger partial charge in [-0.1, -0.05) is 50.2 Å². The van der Waals surface area contributed by atoms with Gasteiger partial charge in [0.05, 0.1) is 22.2 Å². The van der Waals surface area contributed by atoms with E-state index in [1.54, 1.807) is 0 Å². The van der Waals surface area contributed by atoms with Crippen LogP contribution in [0.15, 0.2) is 60.7 Å². The molecule has 2 heterocycles. The van der Waals surface area contributed by atoms with Crippen LogP contribution in [0.1, 0.15) is 92.3 Å². The lowest BCUT2D eigenvalue weighted by Crippen LogP contribution is -2.26. The summed E-state index contributed by atoms with van der Waals surface area (Å²) in [7, 11) is 0. The number of hydrogen-bond acceptors (Lipinski definition) is 4. The summed E-state index contributed by atoms with van der Waals surface area (Å²) in [5, 5.41) is 3.22. The predicted octanol–water partition coefficient (Wildman–Crippen LogP) is 6.94. The van der Waals surface area contributed by atoms with Gasteiger partial charge in [-0.15, -0.1) is 11.3 Å². The molecule has 0 bridgehead atoms. The van der Waals surface area contributed by atoms with Crippen molar-refractivity contribution < 1.29 is 14.0 Å². The molecule has 2 unspecified atom stereocenters.